The Morgan fingerprint density at radius 1 is 0.931 bits per heavy atom. The van der Waals surface area contributed by atoms with Gasteiger partial charge >= 0.3 is 5.97 Å². The summed E-state index contributed by atoms with van der Waals surface area (Å²) in [5.74, 6) is 0.805. The fourth-order valence-electron chi connectivity index (χ4n) is 2.21. The average molecular weight is 446 g/mol. The van der Waals surface area contributed by atoms with Gasteiger partial charge in [-0.25, -0.2) is 0 Å². The van der Waals surface area contributed by atoms with Crippen LogP contribution in [0.5, 0.6) is 0 Å². The van der Waals surface area contributed by atoms with Crippen molar-refractivity contribution in [2.24, 2.45) is 0 Å². The molecule has 9 heteroatoms. The Kier molecular flexibility index (Phi) is 8.54. The van der Waals surface area contributed by atoms with E-state index in [-0.39, 0.29) is 24.2 Å². The summed E-state index contributed by atoms with van der Waals surface area (Å²) in [6, 6.07) is 19.5. The number of ether oxygens (including phenoxy) is 1. The number of nitrogens with zero attached hydrogens (tertiary/aromatic N) is 2. The van der Waals surface area contributed by atoms with Crippen LogP contribution >= 0.6 is 34.9 Å². The van der Waals surface area contributed by atoms with Crippen molar-refractivity contribution in [3.8, 4) is 0 Å². The van der Waals surface area contributed by atoms with E-state index in [1.54, 1.807) is 0 Å². The van der Waals surface area contributed by atoms with Crippen molar-refractivity contribution in [3.63, 3.8) is 0 Å². The fraction of sp³-hybridized carbons (Fsp3) is 0.200. The number of aromatic nitrogens is 2. The van der Waals surface area contributed by atoms with Gasteiger partial charge in [-0.2, -0.15) is 0 Å². The fourth-order valence-corrected chi connectivity index (χ4v) is 4.56. The van der Waals surface area contributed by atoms with E-state index >= 15 is 0 Å². The second-order valence-electron chi connectivity index (χ2n) is 5.83. The number of nitrogens with one attached hydrogen (secondary N) is 1. The van der Waals surface area contributed by atoms with E-state index in [1.807, 2.05) is 60.7 Å². The van der Waals surface area contributed by atoms with Crippen LogP contribution in [-0.2, 0) is 26.7 Å². The average Bonchev–Trinajstić information content (AvgIpc) is 3.19. The zero-order chi connectivity index (χ0) is 20.3. The summed E-state index contributed by atoms with van der Waals surface area (Å²) in [7, 11) is 0. The van der Waals surface area contributed by atoms with Crippen LogP contribution in [0.1, 0.15) is 11.1 Å². The minimum absolute atomic E-state index is 0.124. The highest BCUT2D eigenvalue weighted by molar-refractivity contribution is 8.01. The van der Waals surface area contributed by atoms with Crippen LogP contribution in [0.4, 0.5) is 5.13 Å². The third-order valence-electron chi connectivity index (χ3n) is 3.55. The van der Waals surface area contributed by atoms with Crippen LogP contribution in [-0.4, -0.2) is 33.6 Å². The van der Waals surface area contributed by atoms with Crippen LogP contribution in [0.25, 0.3) is 0 Å². The lowest BCUT2D eigenvalue weighted by Crippen LogP contribution is -2.13. The number of esters is 1. The molecular formula is C20H19N3O3S3. The SMILES string of the molecule is O=C(CSCc1ccccc1)Nc1nnc(SCC(=O)OCc2ccccc2)s1. The Morgan fingerprint density at radius 3 is 2.34 bits per heavy atom. The lowest BCUT2D eigenvalue weighted by Gasteiger charge is -2.03. The van der Waals surface area contributed by atoms with Gasteiger partial charge in [0, 0.05) is 5.75 Å². The van der Waals surface area contributed by atoms with Gasteiger partial charge in [-0.1, -0.05) is 83.8 Å². The van der Waals surface area contributed by atoms with E-state index < -0.39 is 0 Å². The van der Waals surface area contributed by atoms with Gasteiger partial charge in [0.25, 0.3) is 0 Å². The Balaban J connectivity index is 1.34. The molecule has 0 saturated carbocycles. The quantitative estimate of drug-likeness (QED) is 0.284. The van der Waals surface area contributed by atoms with E-state index in [9.17, 15) is 9.59 Å². The maximum Gasteiger partial charge on any atom is 0.316 e. The van der Waals surface area contributed by atoms with Gasteiger partial charge in [0.05, 0.1) is 11.5 Å². The molecule has 2 aromatic carbocycles. The van der Waals surface area contributed by atoms with E-state index in [4.69, 9.17) is 4.74 Å². The van der Waals surface area contributed by atoms with Gasteiger partial charge in [0.1, 0.15) is 6.61 Å². The third-order valence-corrected chi connectivity index (χ3v) is 6.50. The molecule has 6 nitrogen and oxygen atoms in total. The van der Waals surface area contributed by atoms with Crippen LogP contribution in [0.15, 0.2) is 65.0 Å². The van der Waals surface area contributed by atoms with Crippen LogP contribution in [0.3, 0.4) is 0 Å². The van der Waals surface area contributed by atoms with Crippen molar-refractivity contribution in [2.75, 3.05) is 16.8 Å². The second kappa shape index (κ2) is 11.6. The zero-order valence-corrected chi connectivity index (χ0v) is 17.9. The normalized spacial score (nSPS) is 10.5. The Morgan fingerprint density at radius 2 is 1.62 bits per heavy atom. The summed E-state index contributed by atoms with van der Waals surface area (Å²) in [5, 5.41) is 11.1. The topological polar surface area (TPSA) is 81.2 Å². The molecule has 150 valence electrons. The number of carbonyl (C=O) groups is 2. The summed E-state index contributed by atoms with van der Waals surface area (Å²) in [4.78, 5) is 23.9. The standard InChI is InChI=1S/C20H19N3O3S3/c24-17(13-27-12-16-9-5-2-6-10-16)21-19-22-23-20(29-19)28-14-18(25)26-11-15-7-3-1-4-8-15/h1-10H,11-14H2,(H,21,22,24). The molecule has 0 fully saturated rings. The largest absolute Gasteiger partial charge is 0.460 e. The summed E-state index contributed by atoms with van der Waals surface area (Å²) in [6.07, 6.45) is 0. The van der Waals surface area contributed by atoms with Gasteiger partial charge in [-0.3, -0.25) is 14.9 Å². The van der Waals surface area contributed by atoms with Crippen molar-refractivity contribution in [1.29, 1.82) is 0 Å². The number of hydrogen-bond donors (Lipinski definition) is 1. The lowest BCUT2D eigenvalue weighted by atomic mass is 10.2. The van der Waals surface area contributed by atoms with Crippen LogP contribution in [0, 0.1) is 0 Å². The first-order valence-electron chi connectivity index (χ1n) is 8.76. The number of benzene rings is 2. The van der Waals surface area contributed by atoms with E-state index in [0.29, 0.717) is 15.2 Å². The molecule has 0 saturated heterocycles. The number of anilines is 1. The predicted octanol–water partition coefficient (Wildman–Crippen LogP) is 4.25. The van der Waals surface area contributed by atoms with Gasteiger partial charge in [0.2, 0.25) is 11.0 Å². The molecule has 1 N–H and O–H groups in total. The van der Waals surface area contributed by atoms with Crippen LogP contribution < -0.4 is 5.32 Å². The van der Waals surface area contributed by atoms with E-state index in [1.165, 1.54) is 40.4 Å². The first-order valence-corrected chi connectivity index (χ1v) is 11.7. The van der Waals surface area contributed by atoms with Crippen LogP contribution in [0.2, 0.25) is 0 Å². The first-order chi connectivity index (χ1) is 14.2. The lowest BCUT2D eigenvalue weighted by molar-refractivity contribution is -0.141. The molecule has 29 heavy (non-hydrogen) atoms. The number of thioether (sulfide) groups is 2. The molecule has 0 spiro atoms. The number of hydrogen-bond acceptors (Lipinski definition) is 8. The highest BCUT2D eigenvalue weighted by atomic mass is 32.2. The van der Waals surface area contributed by atoms with Gasteiger partial charge in [-0.15, -0.1) is 22.0 Å². The molecule has 0 aliphatic carbocycles. The Labute approximate surface area is 181 Å². The smallest absolute Gasteiger partial charge is 0.316 e. The van der Waals surface area contributed by atoms with Crippen molar-refractivity contribution in [1.82, 2.24) is 10.2 Å². The van der Waals surface area contributed by atoms with Crippen molar-refractivity contribution < 1.29 is 14.3 Å². The zero-order valence-electron chi connectivity index (χ0n) is 15.4. The number of carbonyl (C=O) groups excluding carboxylic acids is 2. The summed E-state index contributed by atoms with van der Waals surface area (Å²) in [5.41, 5.74) is 2.12. The van der Waals surface area contributed by atoms with Gasteiger partial charge in [0.15, 0.2) is 4.34 Å². The highest BCUT2D eigenvalue weighted by Crippen LogP contribution is 2.25. The number of amides is 1. The molecule has 0 aliphatic rings. The molecule has 3 rings (SSSR count). The minimum atomic E-state index is -0.322. The molecule has 1 amide bonds. The molecular weight excluding hydrogens is 426 g/mol. The minimum Gasteiger partial charge on any atom is -0.460 e. The Hall–Kier alpha value is -2.36. The van der Waals surface area contributed by atoms with Crippen molar-refractivity contribution in [2.45, 2.75) is 16.7 Å². The predicted molar refractivity (Wildman–Crippen MR) is 118 cm³/mol. The van der Waals surface area contributed by atoms with E-state index in [2.05, 4.69) is 15.5 Å². The van der Waals surface area contributed by atoms with Crippen molar-refractivity contribution in [3.05, 3.63) is 71.8 Å². The molecule has 3 aromatic rings. The second-order valence-corrected chi connectivity index (χ2v) is 9.02. The summed E-state index contributed by atoms with van der Waals surface area (Å²) in [6.45, 7) is 0.248. The number of rotatable bonds is 10. The molecule has 1 aromatic heterocycles. The van der Waals surface area contributed by atoms with E-state index in [0.717, 1.165) is 11.3 Å². The molecule has 0 atom stereocenters. The van der Waals surface area contributed by atoms with Crippen molar-refractivity contribution >= 4 is 51.9 Å². The monoisotopic (exact) mass is 445 g/mol. The summed E-state index contributed by atoms with van der Waals surface area (Å²) >= 11 is 4.02. The maximum absolute atomic E-state index is 12.0. The highest BCUT2D eigenvalue weighted by Gasteiger charge is 2.11. The first kappa shape index (κ1) is 21.4. The Bertz CT molecular complexity index is 920. The molecule has 0 bridgehead atoms. The summed E-state index contributed by atoms with van der Waals surface area (Å²) < 4.78 is 5.83. The van der Waals surface area contributed by atoms with Gasteiger partial charge in [-0.05, 0) is 11.1 Å². The third kappa shape index (κ3) is 7.88. The van der Waals surface area contributed by atoms with Gasteiger partial charge < -0.3 is 4.74 Å². The molecule has 0 aliphatic heterocycles. The molecule has 1 heterocycles. The molecule has 0 unspecified atom stereocenters. The maximum atomic E-state index is 12.0. The molecule has 0 radical (unpaired) electrons.